The van der Waals surface area contributed by atoms with E-state index in [1.807, 2.05) is 41.1 Å². The fourth-order valence-corrected chi connectivity index (χ4v) is 4.73. The van der Waals surface area contributed by atoms with Crippen molar-refractivity contribution >= 4 is 29.6 Å². The van der Waals surface area contributed by atoms with Crippen LogP contribution >= 0.6 is 11.8 Å². The number of Topliss-reactive ketones (excluding diaryl/α,β-unsaturated/α-hetero) is 1. The number of benzene rings is 2. The monoisotopic (exact) mass is 414 g/mol. The van der Waals surface area contributed by atoms with E-state index in [9.17, 15) is 4.79 Å². The van der Waals surface area contributed by atoms with E-state index in [0.717, 1.165) is 23.4 Å². The molecule has 5 rings (SSSR count). The van der Waals surface area contributed by atoms with Gasteiger partial charge in [-0.2, -0.15) is 4.98 Å². The van der Waals surface area contributed by atoms with Crippen LogP contribution in [-0.2, 0) is 10.5 Å². The lowest BCUT2D eigenvalue weighted by Gasteiger charge is -2.34. The molecule has 0 fully saturated rings. The van der Waals surface area contributed by atoms with Crippen LogP contribution in [0.15, 0.2) is 83.7 Å². The first-order valence-corrected chi connectivity index (χ1v) is 11.1. The number of fused-ring (bicyclic) bond motifs is 2. The number of ketones is 1. The molecule has 2 aromatic carbocycles. The summed E-state index contributed by atoms with van der Waals surface area (Å²) in [6.07, 6.45) is 7.63. The molecule has 0 saturated carbocycles. The molecule has 0 spiro atoms. The minimum Gasteiger partial charge on any atom is -0.328 e. The van der Waals surface area contributed by atoms with E-state index in [1.165, 1.54) is 5.56 Å². The second-order valence-electron chi connectivity index (χ2n) is 7.46. The van der Waals surface area contributed by atoms with Gasteiger partial charge in [-0.05, 0) is 17.5 Å². The second-order valence-corrected chi connectivity index (χ2v) is 8.41. The first-order valence-electron chi connectivity index (χ1n) is 10.1. The van der Waals surface area contributed by atoms with Crippen LogP contribution < -0.4 is 5.32 Å². The van der Waals surface area contributed by atoms with Crippen LogP contribution in [0.25, 0.3) is 6.08 Å². The van der Waals surface area contributed by atoms with Crippen molar-refractivity contribution in [2.75, 3.05) is 5.32 Å². The lowest BCUT2D eigenvalue weighted by molar-refractivity contribution is -0.123. The summed E-state index contributed by atoms with van der Waals surface area (Å²) in [4.78, 5) is 17.5. The molecule has 0 amide bonds. The average Bonchev–Trinajstić information content (AvgIpc) is 3.20. The number of nitrogens with zero attached hydrogens (tertiary/aromatic N) is 3. The summed E-state index contributed by atoms with van der Waals surface area (Å²) in [6.45, 7) is 0. The summed E-state index contributed by atoms with van der Waals surface area (Å²) in [7, 11) is 0. The highest BCUT2D eigenvalue weighted by Gasteiger charge is 2.39. The molecule has 6 heteroatoms. The number of hydrogen-bond acceptors (Lipinski definition) is 5. The Morgan fingerprint density at radius 3 is 2.67 bits per heavy atom. The van der Waals surface area contributed by atoms with Gasteiger partial charge in [-0.1, -0.05) is 90.7 Å². The normalized spacial score (nSPS) is 20.4. The summed E-state index contributed by atoms with van der Waals surface area (Å²) in [6, 6.07) is 20.2. The molecule has 0 saturated heterocycles. The van der Waals surface area contributed by atoms with Crippen LogP contribution in [0.4, 0.5) is 5.95 Å². The zero-order chi connectivity index (χ0) is 20.3. The molecule has 2 heterocycles. The third-order valence-corrected chi connectivity index (χ3v) is 6.33. The first-order chi connectivity index (χ1) is 14.8. The average molecular weight is 415 g/mol. The van der Waals surface area contributed by atoms with Crippen molar-refractivity contribution in [1.82, 2.24) is 14.8 Å². The third kappa shape index (κ3) is 3.83. The predicted octanol–water partition coefficient (Wildman–Crippen LogP) is 5.11. The number of aromatic nitrogens is 3. The predicted molar refractivity (Wildman–Crippen MR) is 120 cm³/mol. The highest BCUT2D eigenvalue weighted by molar-refractivity contribution is 7.98. The highest BCUT2D eigenvalue weighted by atomic mass is 32.2. The Hall–Kier alpha value is -3.12. The molecular formula is C24H22N4OS. The van der Waals surface area contributed by atoms with Gasteiger partial charge >= 0.3 is 0 Å². The fourth-order valence-electron chi connectivity index (χ4n) is 3.95. The standard InChI is InChI=1S/C24H22N4OS/c29-21-13-7-12-19-22(21)20(15-14-17-8-3-1-4-9-17)28-23(25-19)26-24(27-28)30-16-18-10-5-2-6-11-18/h1-6,8-12,14-15,20,22H,7,13,16H2,(H,25,26,27)/b15-14+/t20-,22+/m0/s1. The molecule has 0 bridgehead atoms. The van der Waals surface area contributed by atoms with Crippen molar-refractivity contribution in [1.29, 1.82) is 0 Å². The van der Waals surface area contributed by atoms with Gasteiger partial charge in [0.15, 0.2) is 0 Å². The van der Waals surface area contributed by atoms with Crippen molar-refractivity contribution in [2.24, 2.45) is 5.92 Å². The summed E-state index contributed by atoms with van der Waals surface area (Å²) in [5.74, 6) is 1.52. The van der Waals surface area contributed by atoms with E-state index in [0.29, 0.717) is 17.5 Å². The lowest BCUT2D eigenvalue weighted by atomic mass is 9.83. The number of thioether (sulfide) groups is 1. The molecule has 3 aromatic rings. The number of allylic oxidation sites excluding steroid dienone is 3. The smallest absolute Gasteiger partial charge is 0.227 e. The topological polar surface area (TPSA) is 59.8 Å². The molecule has 1 N–H and O–H groups in total. The number of carbonyl (C=O) groups excluding carboxylic acids is 1. The SMILES string of the molecule is O=C1CCC=C2Nc3nc(SCc4ccccc4)nn3[C@@H](/C=C/c3ccccc3)[C@H]12. The molecule has 150 valence electrons. The van der Waals surface area contributed by atoms with Gasteiger partial charge in [-0.15, -0.1) is 5.10 Å². The van der Waals surface area contributed by atoms with Gasteiger partial charge < -0.3 is 5.32 Å². The molecule has 30 heavy (non-hydrogen) atoms. The summed E-state index contributed by atoms with van der Waals surface area (Å²) >= 11 is 1.61. The quantitative estimate of drug-likeness (QED) is 0.588. The molecule has 1 aliphatic heterocycles. The fraction of sp³-hybridized carbons (Fsp3) is 0.208. The zero-order valence-electron chi connectivity index (χ0n) is 16.4. The van der Waals surface area contributed by atoms with E-state index in [1.54, 1.807) is 11.8 Å². The Bertz CT molecular complexity index is 1100. The molecule has 1 aromatic heterocycles. The van der Waals surface area contributed by atoms with Crippen LogP contribution in [0.5, 0.6) is 0 Å². The van der Waals surface area contributed by atoms with Crippen molar-refractivity contribution in [3.8, 4) is 0 Å². The molecule has 5 nitrogen and oxygen atoms in total. The largest absolute Gasteiger partial charge is 0.328 e. The summed E-state index contributed by atoms with van der Waals surface area (Å²) in [5.41, 5.74) is 3.29. The molecule has 2 atom stereocenters. The Morgan fingerprint density at radius 1 is 1.10 bits per heavy atom. The van der Waals surface area contributed by atoms with Gasteiger partial charge in [0, 0.05) is 17.9 Å². The first kappa shape index (κ1) is 18.9. The van der Waals surface area contributed by atoms with Gasteiger partial charge in [0.05, 0.1) is 12.0 Å². The van der Waals surface area contributed by atoms with Crippen LogP contribution in [0, 0.1) is 5.92 Å². The molecule has 0 radical (unpaired) electrons. The zero-order valence-corrected chi connectivity index (χ0v) is 17.3. The minimum absolute atomic E-state index is 0.181. The lowest BCUT2D eigenvalue weighted by Crippen LogP contribution is -2.37. The maximum atomic E-state index is 12.8. The number of rotatable bonds is 5. The number of carbonyl (C=O) groups is 1. The van der Waals surface area contributed by atoms with Gasteiger partial charge in [-0.3, -0.25) is 4.79 Å². The van der Waals surface area contributed by atoms with Crippen molar-refractivity contribution in [3.63, 3.8) is 0 Å². The van der Waals surface area contributed by atoms with Crippen LogP contribution in [0.3, 0.4) is 0 Å². The van der Waals surface area contributed by atoms with Gasteiger partial charge in [0.1, 0.15) is 5.78 Å². The number of hydrogen-bond donors (Lipinski definition) is 1. The van der Waals surface area contributed by atoms with Crippen molar-refractivity contribution in [3.05, 3.63) is 89.6 Å². The Morgan fingerprint density at radius 2 is 1.87 bits per heavy atom. The van der Waals surface area contributed by atoms with E-state index >= 15 is 0 Å². The van der Waals surface area contributed by atoms with E-state index in [-0.39, 0.29) is 17.7 Å². The third-order valence-electron chi connectivity index (χ3n) is 5.43. The molecule has 2 aliphatic rings. The Labute approximate surface area is 179 Å². The van der Waals surface area contributed by atoms with E-state index in [4.69, 9.17) is 10.1 Å². The summed E-state index contributed by atoms with van der Waals surface area (Å²) < 4.78 is 1.87. The molecule has 1 aliphatic carbocycles. The van der Waals surface area contributed by atoms with Crippen molar-refractivity contribution < 1.29 is 4.79 Å². The van der Waals surface area contributed by atoms with Gasteiger partial charge in [-0.25, -0.2) is 4.68 Å². The Balaban J connectivity index is 1.46. The number of nitrogens with one attached hydrogen (secondary N) is 1. The highest BCUT2D eigenvalue weighted by Crippen LogP contribution is 2.39. The Kier molecular flexibility index (Phi) is 5.24. The second kappa shape index (κ2) is 8.32. The number of anilines is 1. The maximum absolute atomic E-state index is 12.8. The van der Waals surface area contributed by atoms with Crippen molar-refractivity contribution in [2.45, 2.75) is 29.8 Å². The summed E-state index contributed by atoms with van der Waals surface area (Å²) in [5, 5.41) is 8.83. The minimum atomic E-state index is -0.236. The van der Waals surface area contributed by atoms with Crippen LogP contribution in [-0.4, -0.2) is 20.5 Å². The molecule has 0 unspecified atom stereocenters. The molecular weight excluding hydrogens is 392 g/mol. The van der Waals surface area contributed by atoms with E-state index in [2.05, 4.69) is 47.8 Å². The maximum Gasteiger partial charge on any atom is 0.227 e. The van der Waals surface area contributed by atoms with Crippen LogP contribution in [0.1, 0.15) is 30.0 Å². The van der Waals surface area contributed by atoms with E-state index < -0.39 is 0 Å². The van der Waals surface area contributed by atoms with Gasteiger partial charge in [0.2, 0.25) is 11.1 Å². The van der Waals surface area contributed by atoms with Gasteiger partial charge in [0.25, 0.3) is 0 Å². The van der Waals surface area contributed by atoms with Crippen LogP contribution in [0.2, 0.25) is 0 Å².